The van der Waals surface area contributed by atoms with E-state index in [9.17, 15) is 0 Å². The molecule has 0 heterocycles. The van der Waals surface area contributed by atoms with E-state index in [1.165, 1.54) is 12.8 Å². The van der Waals surface area contributed by atoms with Crippen molar-refractivity contribution in [2.75, 3.05) is 13.2 Å². The highest BCUT2D eigenvalue weighted by Crippen LogP contribution is 2.26. The minimum Gasteiger partial charge on any atom is -0.394 e. The Morgan fingerprint density at radius 1 is 1.31 bits per heavy atom. The van der Waals surface area contributed by atoms with Gasteiger partial charge in [0.15, 0.2) is 0 Å². The molecule has 2 unspecified atom stereocenters. The lowest BCUT2D eigenvalue weighted by Gasteiger charge is -2.29. The predicted octanol–water partition coefficient (Wildman–Crippen LogP) is 0.935. The van der Waals surface area contributed by atoms with E-state index in [4.69, 9.17) is 14.9 Å². The van der Waals surface area contributed by atoms with Crippen LogP contribution in [0.1, 0.15) is 32.6 Å². The van der Waals surface area contributed by atoms with Crippen LogP contribution in [0.5, 0.6) is 0 Å². The number of hydrogen-bond acceptors (Lipinski definition) is 3. The van der Waals surface area contributed by atoms with Crippen molar-refractivity contribution in [2.45, 2.75) is 44.8 Å². The molecule has 1 aliphatic carbocycles. The van der Waals surface area contributed by atoms with Crippen molar-refractivity contribution in [1.29, 1.82) is 0 Å². The van der Waals surface area contributed by atoms with Gasteiger partial charge in [0.05, 0.1) is 19.3 Å². The van der Waals surface area contributed by atoms with E-state index in [-0.39, 0.29) is 25.4 Å². The Labute approximate surface area is 79.7 Å². The summed E-state index contributed by atoms with van der Waals surface area (Å²) >= 11 is 0. The van der Waals surface area contributed by atoms with Crippen LogP contribution in [-0.4, -0.2) is 35.6 Å². The van der Waals surface area contributed by atoms with Gasteiger partial charge >= 0.3 is 0 Å². The predicted molar refractivity (Wildman–Crippen MR) is 50.5 cm³/mol. The number of aliphatic hydroxyl groups excluding tert-OH is 2. The number of ether oxygens (including phenoxy) is 1. The van der Waals surface area contributed by atoms with Gasteiger partial charge in [0, 0.05) is 0 Å². The Kier molecular flexibility index (Phi) is 4.70. The van der Waals surface area contributed by atoms with E-state index in [0.717, 1.165) is 18.8 Å². The normalized spacial score (nSPS) is 29.5. The molecule has 0 radical (unpaired) electrons. The standard InChI is InChI=1S/C10H20O3/c1-8-3-2-4-9(5-8)13-10(6-11)7-12/h8-12H,2-7H2,1H3. The van der Waals surface area contributed by atoms with E-state index >= 15 is 0 Å². The van der Waals surface area contributed by atoms with Gasteiger partial charge in [0.25, 0.3) is 0 Å². The van der Waals surface area contributed by atoms with Gasteiger partial charge in [-0.25, -0.2) is 0 Å². The Bertz CT molecular complexity index is 134. The molecule has 1 fully saturated rings. The van der Waals surface area contributed by atoms with Crippen LogP contribution >= 0.6 is 0 Å². The summed E-state index contributed by atoms with van der Waals surface area (Å²) < 4.78 is 5.56. The summed E-state index contributed by atoms with van der Waals surface area (Å²) in [5.41, 5.74) is 0. The lowest BCUT2D eigenvalue weighted by atomic mass is 9.88. The largest absolute Gasteiger partial charge is 0.394 e. The molecular weight excluding hydrogens is 168 g/mol. The molecule has 0 aromatic carbocycles. The summed E-state index contributed by atoms with van der Waals surface area (Å²) in [5.74, 6) is 0.719. The summed E-state index contributed by atoms with van der Waals surface area (Å²) in [4.78, 5) is 0. The van der Waals surface area contributed by atoms with Gasteiger partial charge in [-0.1, -0.05) is 19.8 Å². The molecule has 0 aromatic heterocycles. The molecule has 0 amide bonds. The fourth-order valence-electron chi connectivity index (χ4n) is 1.92. The molecule has 2 atom stereocenters. The summed E-state index contributed by atoms with van der Waals surface area (Å²) in [6, 6.07) is 0. The molecule has 2 N–H and O–H groups in total. The van der Waals surface area contributed by atoms with Crippen LogP contribution in [0.15, 0.2) is 0 Å². The molecule has 0 aromatic rings. The molecule has 0 bridgehead atoms. The molecule has 0 aliphatic heterocycles. The highest BCUT2D eigenvalue weighted by Gasteiger charge is 2.21. The molecule has 0 spiro atoms. The van der Waals surface area contributed by atoms with Gasteiger partial charge in [-0.2, -0.15) is 0 Å². The van der Waals surface area contributed by atoms with Crippen LogP contribution in [0.2, 0.25) is 0 Å². The van der Waals surface area contributed by atoms with Crippen molar-refractivity contribution in [1.82, 2.24) is 0 Å². The first kappa shape index (κ1) is 11.0. The highest BCUT2D eigenvalue weighted by molar-refractivity contribution is 4.72. The van der Waals surface area contributed by atoms with Gasteiger partial charge < -0.3 is 14.9 Å². The molecule has 13 heavy (non-hydrogen) atoms. The van der Waals surface area contributed by atoms with Gasteiger partial charge in [0.1, 0.15) is 6.10 Å². The van der Waals surface area contributed by atoms with Crippen molar-refractivity contribution in [3.8, 4) is 0 Å². The van der Waals surface area contributed by atoms with E-state index in [1.54, 1.807) is 0 Å². The molecular formula is C10H20O3. The topological polar surface area (TPSA) is 49.7 Å². The molecule has 1 aliphatic rings. The molecule has 3 nitrogen and oxygen atoms in total. The fraction of sp³-hybridized carbons (Fsp3) is 1.00. The summed E-state index contributed by atoms with van der Waals surface area (Å²) in [6.07, 6.45) is 4.48. The number of hydrogen-bond donors (Lipinski definition) is 2. The van der Waals surface area contributed by atoms with Gasteiger partial charge in [-0.3, -0.25) is 0 Å². The summed E-state index contributed by atoms with van der Waals surface area (Å²) in [5, 5.41) is 17.7. The van der Waals surface area contributed by atoms with Crippen LogP contribution in [0.3, 0.4) is 0 Å². The zero-order valence-electron chi connectivity index (χ0n) is 8.28. The van der Waals surface area contributed by atoms with E-state index < -0.39 is 0 Å². The average Bonchev–Trinajstić information content (AvgIpc) is 2.14. The second-order valence-electron chi connectivity index (χ2n) is 4.02. The van der Waals surface area contributed by atoms with Crippen LogP contribution in [0.4, 0.5) is 0 Å². The molecule has 1 rings (SSSR count). The highest BCUT2D eigenvalue weighted by atomic mass is 16.5. The van der Waals surface area contributed by atoms with Crippen LogP contribution in [0, 0.1) is 5.92 Å². The Morgan fingerprint density at radius 2 is 2.00 bits per heavy atom. The minimum absolute atomic E-state index is 0.0820. The third-order valence-corrected chi connectivity index (χ3v) is 2.68. The first-order valence-electron chi connectivity index (χ1n) is 5.13. The molecule has 0 saturated heterocycles. The van der Waals surface area contributed by atoms with Gasteiger partial charge in [0.2, 0.25) is 0 Å². The minimum atomic E-state index is -0.379. The first-order chi connectivity index (χ1) is 6.26. The summed E-state index contributed by atoms with van der Waals surface area (Å²) in [7, 11) is 0. The Balaban J connectivity index is 2.26. The number of aliphatic hydroxyl groups is 2. The van der Waals surface area contributed by atoms with Crippen molar-refractivity contribution in [3.63, 3.8) is 0 Å². The van der Waals surface area contributed by atoms with E-state index in [2.05, 4.69) is 6.92 Å². The Morgan fingerprint density at radius 3 is 2.54 bits per heavy atom. The first-order valence-corrected chi connectivity index (χ1v) is 5.13. The second-order valence-corrected chi connectivity index (χ2v) is 4.02. The second kappa shape index (κ2) is 5.58. The SMILES string of the molecule is CC1CCCC(OC(CO)CO)C1. The monoisotopic (exact) mass is 188 g/mol. The van der Waals surface area contributed by atoms with Crippen molar-refractivity contribution in [3.05, 3.63) is 0 Å². The van der Waals surface area contributed by atoms with Gasteiger partial charge in [-0.05, 0) is 18.8 Å². The lowest BCUT2D eigenvalue weighted by Crippen LogP contribution is -2.31. The Hall–Kier alpha value is -0.120. The lowest BCUT2D eigenvalue weighted by molar-refractivity contribution is -0.0799. The average molecular weight is 188 g/mol. The zero-order valence-corrected chi connectivity index (χ0v) is 8.28. The maximum Gasteiger partial charge on any atom is 0.104 e. The van der Waals surface area contributed by atoms with Crippen molar-refractivity contribution < 1.29 is 14.9 Å². The van der Waals surface area contributed by atoms with Crippen LogP contribution < -0.4 is 0 Å². The third kappa shape index (κ3) is 3.63. The third-order valence-electron chi connectivity index (χ3n) is 2.68. The summed E-state index contributed by atoms with van der Waals surface area (Å²) in [6.45, 7) is 2.06. The maximum atomic E-state index is 8.84. The van der Waals surface area contributed by atoms with Crippen molar-refractivity contribution >= 4 is 0 Å². The smallest absolute Gasteiger partial charge is 0.104 e. The molecule has 3 heteroatoms. The van der Waals surface area contributed by atoms with Crippen molar-refractivity contribution in [2.24, 2.45) is 5.92 Å². The zero-order chi connectivity index (χ0) is 9.68. The van der Waals surface area contributed by atoms with Gasteiger partial charge in [-0.15, -0.1) is 0 Å². The fourth-order valence-corrected chi connectivity index (χ4v) is 1.92. The van der Waals surface area contributed by atoms with E-state index in [0.29, 0.717) is 0 Å². The molecule has 78 valence electrons. The molecule has 1 saturated carbocycles. The quantitative estimate of drug-likeness (QED) is 0.690. The van der Waals surface area contributed by atoms with Crippen LogP contribution in [-0.2, 0) is 4.74 Å². The van der Waals surface area contributed by atoms with E-state index in [1.807, 2.05) is 0 Å². The number of rotatable bonds is 4. The van der Waals surface area contributed by atoms with Crippen LogP contribution in [0.25, 0.3) is 0 Å². The maximum absolute atomic E-state index is 8.84.